The number of benzene rings is 1. The van der Waals surface area contributed by atoms with Gasteiger partial charge in [-0.15, -0.1) is 11.3 Å². The summed E-state index contributed by atoms with van der Waals surface area (Å²) in [6.45, 7) is 0.916. The number of rotatable bonds is 3. The van der Waals surface area contributed by atoms with E-state index < -0.39 is 5.91 Å². The molecule has 8 heteroatoms. The summed E-state index contributed by atoms with van der Waals surface area (Å²) in [5, 5.41) is 1.83. The van der Waals surface area contributed by atoms with E-state index in [1.165, 1.54) is 28.4 Å². The van der Waals surface area contributed by atoms with E-state index in [1.54, 1.807) is 17.7 Å². The Balaban J connectivity index is 1.61. The molecule has 1 atom stereocenters. The van der Waals surface area contributed by atoms with Crippen LogP contribution >= 0.6 is 11.3 Å². The molecule has 2 aliphatic heterocycles. The molecule has 1 aromatic carbocycles. The van der Waals surface area contributed by atoms with Crippen LogP contribution in [-0.4, -0.2) is 46.4 Å². The molecule has 0 N–H and O–H groups in total. The van der Waals surface area contributed by atoms with Crippen molar-refractivity contribution in [2.75, 3.05) is 13.2 Å². The molecule has 2 aliphatic rings. The van der Waals surface area contributed by atoms with E-state index >= 15 is 0 Å². The molecule has 0 spiro atoms. The highest BCUT2D eigenvalue weighted by atomic mass is 32.1. The van der Waals surface area contributed by atoms with Gasteiger partial charge in [0.2, 0.25) is 0 Å². The quantitative estimate of drug-likeness (QED) is 0.768. The first-order valence-electron chi connectivity index (χ1n) is 8.35. The SMILES string of the molecule is Cn1ccsc1=NC(=O)c1ccc2c(c1)C(=O)N(CC1CCCO1)C2=O. The maximum atomic E-state index is 12.6. The number of fused-ring (bicyclic) bond motifs is 1. The highest BCUT2D eigenvalue weighted by Crippen LogP contribution is 2.26. The predicted molar refractivity (Wildman–Crippen MR) is 94.0 cm³/mol. The Bertz CT molecular complexity index is 969. The van der Waals surface area contributed by atoms with Gasteiger partial charge in [0.25, 0.3) is 17.7 Å². The van der Waals surface area contributed by atoms with E-state index in [-0.39, 0.29) is 35.6 Å². The van der Waals surface area contributed by atoms with E-state index in [0.717, 1.165) is 12.8 Å². The van der Waals surface area contributed by atoms with Crippen LogP contribution in [0.25, 0.3) is 0 Å². The molecule has 1 unspecified atom stereocenters. The number of carbonyl (C=O) groups is 3. The molecule has 0 radical (unpaired) electrons. The number of amides is 3. The summed E-state index contributed by atoms with van der Waals surface area (Å²) in [4.78, 5) is 43.4. The van der Waals surface area contributed by atoms with E-state index in [0.29, 0.717) is 17.0 Å². The fourth-order valence-electron chi connectivity index (χ4n) is 3.17. The van der Waals surface area contributed by atoms with Crippen LogP contribution in [0.3, 0.4) is 0 Å². The molecule has 3 amide bonds. The van der Waals surface area contributed by atoms with Crippen LogP contribution in [0.2, 0.25) is 0 Å². The van der Waals surface area contributed by atoms with Gasteiger partial charge in [0.05, 0.1) is 23.8 Å². The van der Waals surface area contributed by atoms with Gasteiger partial charge in [-0.1, -0.05) is 0 Å². The zero-order valence-corrected chi connectivity index (χ0v) is 15.0. The monoisotopic (exact) mass is 371 g/mol. The van der Waals surface area contributed by atoms with Gasteiger partial charge < -0.3 is 9.30 Å². The van der Waals surface area contributed by atoms with E-state index in [2.05, 4.69) is 4.99 Å². The Morgan fingerprint density at radius 2 is 2.12 bits per heavy atom. The first-order valence-corrected chi connectivity index (χ1v) is 9.23. The lowest BCUT2D eigenvalue weighted by Crippen LogP contribution is -2.36. The number of ether oxygens (including phenoxy) is 1. The molecule has 26 heavy (non-hydrogen) atoms. The molecule has 0 aliphatic carbocycles. The van der Waals surface area contributed by atoms with Crippen molar-refractivity contribution < 1.29 is 19.1 Å². The number of aryl methyl sites for hydroxylation is 1. The van der Waals surface area contributed by atoms with E-state index in [1.807, 2.05) is 11.6 Å². The summed E-state index contributed by atoms with van der Waals surface area (Å²) in [6.07, 6.45) is 3.49. The molecule has 1 aromatic heterocycles. The fourth-order valence-corrected chi connectivity index (χ4v) is 3.90. The Kier molecular flexibility index (Phi) is 4.29. The average Bonchev–Trinajstić information content (AvgIpc) is 3.34. The number of thiazole rings is 1. The lowest BCUT2D eigenvalue weighted by atomic mass is 10.1. The van der Waals surface area contributed by atoms with Gasteiger partial charge in [-0.3, -0.25) is 19.3 Å². The third-order valence-corrected chi connectivity index (χ3v) is 5.43. The van der Waals surface area contributed by atoms with Crippen LogP contribution in [0.1, 0.15) is 43.9 Å². The lowest BCUT2D eigenvalue weighted by molar-refractivity contribution is 0.0475. The molecule has 0 bridgehead atoms. The number of hydrogen-bond acceptors (Lipinski definition) is 5. The second kappa shape index (κ2) is 6.62. The summed E-state index contributed by atoms with van der Waals surface area (Å²) in [5.74, 6) is -1.15. The lowest BCUT2D eigenvalue weighted by Gasteiger charge is -2.17. The normalized spacial score (nSPS) is 20.1. The van der Waals surface area contributed by atoms with Crippen molar-refractivity contribution in [1.29, 1.82) is 0 Å². The number of aromatic nitrogens is 1. The second-order valence-corrected chi connectivity index (χ2v) is 7.20. The molecular weight excluding hydrogens is 354 g/mol. The summed E-state index contributed by atoms with van der Waals surface area (Å²) in [5.41, 5.74) is 0.869. The van der Waals surface area contributed by atoms with Crippen molar-refractivity contribution in [3.63, 3.8) is 0 Å². The topological polar surface area (TPSA) is 81.0 Å². The third-order valence-electron chi connectivity index (χ3n) is 4.58. The van der Waals surface area contributed by atoms with Crippen LogP contribution in [-0.2, 0) is 11.8 Å². The summed E-state index contributed by atoms with van der Waals surface area (Å²) < 4.78 is 7.27. The molecule has 0 saturated carbocycles. The van der Waals surface area contributed by atoms with Crippen molar-refractivity contribution in [3.8, 4) is 0 Å². The molecular formula is C18H17N3O4S. The number of hydrogen-bond donors (Lipinski definition) is 0. The Morgan fingerprint density at radius 1 is 1.31 bits per heavy atom. The highest BCUT2D eigenvalue weighted by Gasteiger charge is 2.37. The zero-order valence-electron chi connectivity index (χ0n) is 14.2. The number of imide groups is 1. The Morgan fingerprint density at radius 3 is 2.81 bits per heavy atom. The fraction of sp³-hybridized carbons (Fsp3) is 0.333. The molecule has 1 fully saturated rings. The standard InChI is InChI=1S/C18H17N3O4S/c1-20-6-8-26-18(20)19-15(22)11-4-5-13-14(9-11)17(24)21(16(13)23)10-12-3-2-7-25-12/h4-6,8-9,12H,2-3,7,10H2,1H3. The minimum atomic E-state index is -0.441. The van der Waals surface area contributed by atoms with Gasteiger partial charge in [0, 0.05) is 30.8 Å². The zero-order chi connectivity index (χ0) is 18.3. The smallest absolute Gasteiger partial charge is 0.279 e. The van der Waals surface area contributed by atoms with E-state index in [9.17, 15) is 14.4 Å². The van der Waals surface area contributed by atoms with Crippen molar-refractivity contribution in [1.82, 2.24) is 9.47 Å². The Labute approximate surface area is 153 Å². The molecule has 4 rings (SSSR count). The minimum Gasteiger partial charge on any atom is -0.376 e. The largest absolute Gasteiger partial charge is 0.376 e. The van der Waals surface area contributed by atoms with Gasteiger partial charge in [-0.2, -0.15) is 4.99 Å². The van der Waals surface area contributed by atoms with Gasteiger partial charge in [0.15, 0.2) is 4.80 Å². The van der Waals surface area contributed by atoms with Gasteiger partial charge in [0.1, 0.15) is 0 Å². The summed E-state index contributed by atoms with van der Waals surface area (Å²) in [6, 6.07) is 4.53. The molecule has 1 saturated heterocycles. The van der Waals surface area contributed by atoms with Crippen molar-refractivity contribution >= 4 is 29.1 Å². The average molecular weight is 371 g/mol. The van der Waals surface area contributed by atoms with E-state index in [4.69, 9.17) is 4.74 Å². The maximum Gasteiger partial charge on any atom is 0.279 e. The van der Waals surface area contributed by atoms with Crippen LogP contribution in [0.5, 0.6) is 0 Å². The first kappa shape index (κ1) is 16.9. The Hall–Kier alpha value is -2.58. The summed E-state index contributed by atoms with van der Waals surface area (Å²) in [7, 11) is 1.80. The van der Waals surface area contributed by atoms with Gasteiger partial charge >= 0.3 is 0 Å². The van der Waals surface area contributed by atoms with Crippen LogP contribution in [0.15, 0.2) is 34.8 Å². The molecule has 3 heterocycles. The second-order valence-electron chi connectivity index (χ2n) is 6.33. The highest BCUT2D eigenvalue weighted by molar-refractivity contribution is 7.07. The molecule has 2 aromatic rings. The first-order chi connectivity index (χ1) is 12.5. The van der Waals surface area contributed by atoms with Crippen LogP contribution < -0.4 is 4.80 Å². The van der Waals surface area contributed by atoms with Crippen LogP contribution in [0, 0.1) is 0 Å². The minimum absolute atomic E-state index is 0.104. The van der Waals surface area contributed by atoms with Crippen molar-refractivity contribution in [3.05, 3.63) is 51.3 Å². The molecule has 134 valence electrons. The number of carbonyl (C=O) groups excluding carboxylic acids is 3. The third kappa shape index (κ3) is 2.91. The molecule has 7 nitrogen and oxygen atoms in total. The summed E-state index contributed by atoms with van der Waals surface area (Å²) >= 11 is 1.35. The van der Waals surface area contributed by atoms with Crippen molar-refractivity contribution in [2.24, 2.45) is 12.0 Å². The van der Waals surface area contributed by atoms with Gasteiger partial charge in [-0.25, -0.2) is 0 Å². The van der Waals surface area contributed by atoms with Crippen molar-refractivity contribution in [2.45, 2.75) is 18.9 Å². The van der Waals surface area contributed by atoms with Crippen LogP contribution in [0.4, 0.5) is 0 Å². The van der Waals surface area contributed by atoms with Gasteiger partial charge in [-0.05, 0) is 31.0 Å². The maximum absolute atomic E-state index is 12.6. The predicted octanol–water partition coefficient (Wildman–Crippen LogP) is 1.60. The number of nitrogens with zero attached hydrogens (tertiary/aromatic N) is 3.